The minimum Gasteiger partial charge on any atom is -0.381 e. The summed E-state index contributed by atoms with van der Waals surface area (Å²) < 4.78 is 13.7. The van der Waals surface area contributed by atoms with Crippen LogP contribution in [0.1, 0.15) is 49.4 Å². The maximum absolute atomic E-state index is 13.7. The van der Waals surface area contributed by atoms with Gasteiger partial charge in [-0.3, -0.25) is 4.79 Å². The minimum atomic E-state index is -0.739. The molecule has 0 bridgehead atoms. The Morgan fingerprint density at radius 3 is 2.84 bits per heavy atom. The fourth-order valence-electron chi connectivity index (χ4n) is 2.78. The molecule has 0 aliphatic heterocycles. The lowest BCUT2D eigenvalue weighted by molar-refractivity contribution is 0.0924. The van der Waals surface area contributed by atoms with Crippen LogP contribution >= 0.6 is 0 Å². The summed E-state index contributed by atoms with van der Waals surface area (Å²) in [6.07, 6.45) is 7.06. The van der Waals surface area contributed by atoms with Crippen molar-refractivity contribution in [1.82, 2.24) is 10.3 Å². The van der Waals surface area contributed by atoms with E-state index in [2.05, 4.69) is 17.2 Å². The second-order valence-corrected chi connectivity index (χ2v) is 5.30. The van der Waals surface area contributed by atoms with Crippen LogP contribution in [0.15, 0.2) is 12.3 Å². The molecule has 1 heterocycles. The average Bonchev–Trinajstić information content (AvgIpc) is 2.89. The summed E-state index contributed by atoms with van der Waals surface area (Å²) >= 11 is 0. The van der Waals surface area contributed by atoms with Crippen LogP contribution < -0.4 is 11.1 Å². The van der Waals surface area contributed by atoms with Gasteiger partial charge in [0.25, 0.3) is 5.91 Å². The van der Waals surface area contributed by atoms with Crippen molar-refractivity contribution in [1.29, 1.82) is 0 Å². The molecule has 1 aromatic rings. The number of halogens is 1. The van der Waals surface area contributed by atoms with Gasteiger partial charge < -0.3 is 11.1 Å². The molecular weight excluding hydrogens is 245 g/mol. The molecule has 1 amide bonds. The van der Waals surface area contributed by atoms with E-state index in [1.165, 1.54) is 25.1 Å². The van der Waals surface area contributed by atoms with Gasteiger partial charge in [0.15, 0.2) is 11.6 Å². The molecule has 104 valence electrons. The van der Waals surface area contributed by atoms with Crippen LogP contribution in [-0.2, 0) is 0 Å². The largest absolute Gasteiger partial charge is 0.381 e. The summed E-state index contributed by atoms with van der Waals surface area (Å²) in [6, 6.07) is 1.36. The van der Waals surface area contributed by atoms with Crippen LogP contribution in [0.4, 0.5) is 10.2 Å². The number of nitrogens with two attached hydrogens (primary N) is 1. The molecule has 3 N–H and O–H groups in total. The molecule has 0 aromatic carbocycles. The molecule has 1 aromatic heterocycles. The lowest BCUT2D eigenvalue weighted by atomic mass is 9.83. The Morgan fingerprint density at radius 2 is 2.21 bits per heavy atom. The van der Waals surface area contributed by atoms with Crippen molar-refractivity contribution in [2.24, 2.45) is 5.41 Å². The lowest BCUT2D eigenvalue weighted by Crippen LogP contribution is -2.36. The minimum absolute atomic E-state index is 0.0308. The van der Waals surface area contributed by atoms with E-state index >= 15 is 0 Å². The van der Waals surface area contributed by atoms with Gasteiger partial charge in [-0.15, -0.1) is 0 Å². The molecule has 5 heteroatoms. The van der Waals surface area contributed by atoms with E-state index in [1.807, 2.05) is 0 Å². The SMILES string of the molecule is CCC1(CNC(=O)c2ccnc(N)c2F)CCCC1. The summed E-state index contributed by atoms with van der Waals surface area (Å²) in [6.45, 7) is 2.74. The molecule has 0 spiro atoms. The smallest absolute Gasteiger partial charge is 0.254 e. The molecule has 19 heavy (non-hydrogen) atoms. The van der Waals surface area contributed by atoms with E-state index in [-0.39, 0.29) is 16.8 Å². The van der Waals surface area contributed by atoms with E-state index < -0.39 is 11.7 Å². The first-order valence-electron chi connectivity index (χ1n) is 6.76. The summed E-state index contributed by atoms with van der Waals surface area (Å²) in [4.78, 5) is 15.6. The van der Waals surface area contributed by atoms with Gasteiger partial charge in [0.05, 0.1) is 5.56 Å². The van der Waals surface area contributed by atoms with Crippen molar-refractivity contribution in [3.05, 3.63) is 23.6 Å². The van der Waals surface area contributed by atoms with Crippen LogP contribution in [0.5, 0.6) is 0 Å². The van der Waals surface area contributed by atoms with Gasteiger partial charge in [0.1, 0.15) is 0 Å². The molecule has 1 saturated carbocycles. The quantitative estimate of drug-likeness (QED) is 0.879. The van der Waals surface area contributed by atoms with Crippen LogP contribution in [0.3, 0.4) is 0 Å². The number of anilines is 1. The highest BCUT2D eigenvalue weighted by molar-refractivity contribution is 5.95. The Bertz CT molecular complexity index is 470. The molecule has 1 aliphatic carbocycles. The van der Waals surface area contributed by atoms with Crippen molar-refractivity contribution in [3.8, 4) is 0 Å². The van der Waals surface area contributed by atoms with Gasteiger partial charge in [0.2, 0.25) is 0 Å². The number of nitrogens with zero attached hydrogens (tertiary/aromatic N) is 1. The van der Waals surface area contributed by atoms with Crippen molar-refractivity contribution < 1.29 is 9.18 Å². The zero-order valence-corrected chi connectivity index (χ0v) is 11.2. The number of rotatable bonds is 4. The van der Waals surface area contributed by atoms with E-state index in [9.17, 15) is 9.18 Å². The van der Waals surface area contributed by atoms with Gasteiger partial charge in [-0.2, -0.15) is 0 Å². The number of pyridine rings is 1. The summed E-state index contributed by atoms with van der Waals surface area (Å²) in [5.74, 6) is -1.39. The van der Waals surface area contributed by atoms with Gasteiger partial charge >= 0.3 is 0 Å². The third kappa shape index (κ3) is 2.85. The van der Waals surface area contributed by atoms with Crippen molar-refractivity contribution >= 4 is 11.7 Å². The number of hydrogen-bond acceptors (Lipinski definition) is 3. The number of carbonyl (C=O) groups is 1. The normalized spacial score (nSPS) is 17.4. The van der Waals surface area contributed by atoms with Crippen molar-refractivity contribution in [2.75, 3.05) is 12.3 Å². The van der Waals surface area contributed by atoms with Crippen LogP contribution in [0.25, 0.3) is 0 Å². The molecule has 1 aliphatic rings. The van der Waals surface area contributed by atoms with E-state index in [4.69, 9.17) is 5.73 Å². The van der Waals surface area contributed by atoms with Gasteiger partial charge in [-0.25, -0.2) is 9.37 Å². The monoisotopic (exact) mass is 265 g/mol. The fraction of sp³-hybridized carbons (Fsp3) is 0.571. The predicted molar refractivity (Wildman–Crippen MR) is 72.1 cm³/mol. The van der Waals surface area contributed by atoms with Crippen LogP contribution in [0.2, 0.25) is 0 Å². The molecule has 1 fully saturated rings. The summed E-state index contributed by atoms with van der Waals surface area (Å²) in [5.41, 5.74) is 5.52. The maximum atomic E-state index is 13.7. The predicted octanol–water partition coefficient (Wildman–Crippen LogP) is 2.50. The van der Waals surface area contributed by atoms with E-state index in [1.54, 1.807) is 0 Å². The topological polar surface area (TPSA) is 68.0 Å². The highest BCUT2D eigenvalue weighted by Crippen LogP contribution is 2.40. The summed E-state index contributed by atoms with van der Waals surface area (Å²) in [5, 5.41) is 2.84. The molecule has 0 atom stereocenters. The first kappa shape index (κ1) is 13.8. The van der Waals surface area contributed by atoms with Crippen molar-refractivity contribution in [3.63, 3.8) is 0 Å². The van der Waals surface area contributed by atoms with Crippen LogP contribution in [0, 0.1) is 11.2 Å². The van der Waals surface area contributed by atoms with Crippen LogP contribution in [-0.4, -0.2) is 17.4 Å². The number of nitrogens with one attached hydrogen (secondary N) is 1. The number of amides is 1. The third-order valence-corrected chi connectivity index (χ3v) is 4.20. The standard InChI is InChI=1S/C14H20FN3O/c1-2-14(6-3-4-7-14)9-18-13(19)10-5-8-17-12(16)11(10)15/h5,8H,2-4,6-7,9H2,1H3,(H2,16,17)(H,18,19). The molecular formula is C14H20FN3O. The Kier molecular flexibility index (Phi) is 4.02. The highest BCUT2D eigenvalue weighted by Gasteiger charge is 2.32. The third-order valence-electron chi connectivity index (χ3n) is 4.20. The Hall–Kier alpha value is -1.65. The molecule has 0 saturated heterocycles. The number of hydrogen-bond donors (Lipinski definition) is 2. The molecule has 4 nitrogen and oxygen atoms in total. The number of aromatic nitrogens is 1. The average molecular weight is 265 g/mol. The molecule has 2 rings (SSSR count). The summed E-state index contributed by atoms with van der Waals surface area (Å²) in [7, 11) is 0. The fourth-order valence-corrected chi connectivity index (χ4v) is 2.78. The molecule has 0 radical (unpaired) electrons. The second-order valence-electron chi connectivity index (χ2n) is 5.30. The van der Waals surface area contributed by atoms with E-state index in [0.717, 1.165) is 19.3 Å². The maximum Gasteiger partial charge on any atom is 0.254 e. The first-order chi connectivity index (χ1) is 9.08. The molecule has 0 unspecified atom stereocenters. The highest BCUT2D eigenvalue weighted by atomic mass is 19.1. The first-order valence-corrected chi connectivity index (χ1v) is 6.76. The van der Waals surface area contributed by atoms with Gasteiger partial charge in [-0.05, 0) is 30.7 Å². The Balaban J connectivity index is 2.03. The number of nitrogen functional groups attached to an aromatic ring is 1. The van der Waals surface area contributed by atoms with Gasteiger partial charge in [0, 0.05) is 12.7 Å². The zero-order valence-electron chi connectivity index (χ0n) is 11.2. The Morgan fingerprint density at radius 1 is 1.53 bits per heavy atom. The number of carbonyl (C=O) groups excluding carboxylic acids is 1. The van der Waals surface area contributed by atoms with Crippen molar-refractivity contribution in [2.45, 2.75) is 39.0 Å². The van der Waals surface area contributed by atoms with Gasteiger partial charge in [-0.1, -0.05) is 19.8 Å². The van der Waals surface area contributed by atoms with E-state index in [0.29, 0.717) is 6.54 Å². The second kappa shape index (κ2) is 5.55. The Labute approximate surface area is 112 Å². The lowest BCUT2D eigenvalue weighted by Gasteiger charge is -2.27. The zero-order chi connectivity index (χ0) is 13.9.